The van der Waals surface area contributed by atoms with Gasteiger partial charge in [-0.25, -0.2) is 18.1 Å². The van der Waals surface area contributed by atoms with Crippen LogP contribution in [-0.4, -0.2) is 46.5 Å². The lowest BCUT2D eigenvalue weighted by molar-refractivity contribution is 0.0950. The van der Waals surface area contributed by atoms with Crippen molar-refractivity contribution in [3.8, 4) is 5.82 Å². The molecule has 1 aliphatic rings. The molecule has 0 radical (unpaired) electrons. The van der Waals surface area contributed by atoms with Crippen LogP contribution in [0.25, 0.3) is 5.82 Å². The maximum Gasteiger partial charge on any atom is 0.253 e. The van der Waals surface area contributed by atoms with Crippen LogP contribution in [0.5, 0.6) is 0 Å². The molecule has 0 aliphatic carbocycles. The van der Waals surface area contributed by atoms with E-state index in [-0.39, 0.29) is 5.91 Å². The topological polar surface area (TPSA) is 97.2 Å². The fourth-order valence-corrected chi connectivity index (χ4v) is 5.34. The third-order valence-electron chi connectivity index (χ3n) is 5.57. The van der Waals surface area contributed by atoms with E-state index in [4.69, 9.17) is 0 Å². The molecule has 1 fully saturated rings. The second kappa shape index (κ2) is 9.22. The number of hydrogen-bond acceptors (Lipinski definition) is 5. The summed E-state index contributed by atoms with van der Waals surface area (Å²) in [5, 5.41) is 7.24. The largest absolute Gasteiger partial charge is 0.348 e. The molecule has 4 rings (SSSR count). The van der Waals surface area contributed by atoms with Gasteiger partial charge in [-0.3, -0.25) is 4.79 Å². The molecule has 0 atom stereocenters. The smallest absolute Gasteiger partial charge is 0.253 e. The molecule has 32 heavy (non-hydrogen) atoms. The molecule has 168 valence electrons. The number of sulfonamides is 1. The molecule has 2 aromatic heterocycles. The van der Waals surface area contributed by atoms with Crippen molar-refractivity contribution in [1.82, 2.24) is 24.4 Å². The van der Waals surface area contributed by atoms with Gasteiger partial charge in [-0.15, -0.1) is 0 Å². The highest BCUT2D eigenvalue weighted by Crippen LogP contribution is 2.21. The Balaban J connectivity index is 1.37. The van der Waals surface area contributed by atoms with Crippen molar-refractivity contribution in [3.63, 3.8) is 0 Å². The van der Waals surface area contributed by atoms with Crippen LogP contribution in [0.4, 0.5) is 0 Å². The Bertz CT molecular complexity index is 1200. The number of nitrogens with zero attached hydrogens (tertiary/aromatic N) is 4. The van der Waals surface area contributed by atoms with Gasteiger partial charge in [0.1, 0.15) is 0 Å². The van der Waals surface area contributed by atoms with Crippen LogP contribution in [0.2, 0.25) is 0 Å². The highest BCUT2D eigenvalue weighted by molar-refractivity contribution is 7.89. The standard InChI is InChI=1S/C23H27N5O3S/c1-17-14-18(2)28(26-17)22-11-8-20(16-24-22)23(29)25-15-19-6-9-21(10-7-19)32(30,31)27-12-4-3-5-13-27/h6-11,14,16H,3-5,12-13,15H2,1-2H3,(H,25,29). The van der Waals surface area contributed by atoms with Crippen molar-refractivity contribution in [2.24, 2.45) is 0 Å². The number of aromatic nitrogens is 3. The number of carbonyl (C=O) groups excluding carboxylic acids is 1. The number of carbonyl (C=O) groups is 1. The third-order valence-corrected chi connectivity index (χ3v) is 7.48. The van der Waals surface area contributed by atoms with Gasteiger partial charge < -0.3 is 5.32 Å². The van der Waals surface area contributed by atoms with E-state index in [1.54, 1.807) is 45.4 Å². The minimum absolute atomic E-state index is 0.248. The number of pyridine rings is 1. The van der Waals surface area contributed by atoms with Crippen LogP contribution < -0.4 is 5.32 Å². The summed E-state index contributed by atoms with van der Waals surface area (Å²) in [4.78, 5) is 17.1. The predicted octanol–water partition coefficient (Wildman–Crippen LogP) is 2.99. The average molecular weight is 454 g/mol. The van der Waals surface area contributed by atoms with Gasteiger partial charge in [-0.05, 0) is 62.6 Å². The van der Waals surface area contributed by atoms with Crippen LogP contribution in [-0.2, 0) is 16.6 Å². The molecule has 1 saturated heterocycles. The Morgan fingerprint density at radius 2 is 1.75 bits per heavy atom. The lowest BCUT2D eigenvalue weighted by Gasteiger charge is -2.25. The molecule has 9 heteroatoms. The minimum atomic E-state index is -3.45. The maximum atomic E-state index is 12.7. The minimum Gasteiger partial charge on any atom is -0.348 e. The Hall–Kier alpha value is -3.04. The first-order valence-corrected chi connectivity index (χ1v) is 12.2. The molecule has 0 saturated carbocycles. The summed E-state index contributed by atoms with van der Waals surface area (Å²) in [5.74, 6) is 0.403. The molecule has 8 nitrogen and oxygen atoms in total. The van der Waals surface area contributed by atoms with Crippen LogP contribution >= 0.6 is 0 Å². The SMILES string of the molecule is Cc1cc(C)n(-c2ccc(C(=O)NCc3ccc(S(=O)(=O)N4CCCCC4)cc3)cn2)n1. The number of nitrogens with one attached hydrogen (secondary N) is 1. The van der Waals surface area contributed by atoms with Crippen LogP contribution in [0.3, 0.4) is 0 Å². The number of aryl methyl sites for hydroxylation is 2. The van der Waals surface area contributed by atoms with Crippen molar-refractivity contribution in [2.75, 3.05) is 13.1 Å². The molecule has 0 bridgehead atoms. The average Bonchev–Trinajstić information content (AvgIpc) is 3.16. The first-order valence-electron chi connectivity index (χ1n) is 10.7. The van der Waals surface area contributed by atoms with Crippen LogP contribution in [0.1, 0.15) is 46.6 Å². The second-order valence-corrected chi connectivity index (χ2v) is 9.97. The summed E-state index contributed by atoms with van der Waals surface area (Å²) >= 11 is 0. The maximum absolute atomic E-state index is 12.7. The second-order valence-electron chi connectivity index (χ2n) is 8.04. The Morgan fingerprint density at radius 1 is 1.03 bits per heavy atom. The van der Waals surface area contributed by atoms with E-state index in [2.05, 4.69) is 15.4 Å². The summed E-state index contributed by atoms with van der Waals surface area (Å²) in [6, 6.07) is 12.1. The Kier molecular flexibility index (Phi) is 6.38. The van der Waals surface area contributed by atoms with Crippen molar-refractivity contribution in [3.05, 3.63) is 71.2 Å². The van der Waals surface area contributed by atoms with Gasteiger partial charge in [0.05, 0.1) is 16.2 Å². The fourth-order valence-electron chi connectivity index (χ4n) is 3.82. The fraction of sp³-hybridized carbons (Fsp3) is 0.348. The lowest BCUT2D eigenvalue weighted by Crippen LogP contribution is -2.35. The summed E-state index contributed by atoms with van der Waals surface area (Å²) in [7, 11) is -3.45. The van der Waals surface area contributed by atoms with Gasteiger partial charge in [-0.2, -0.15) is 9.40 Å². The number of amides is 1. The number of hydrogen-bond donors (Lipinski definition) is 1. The molecule has 3 heterocycles. The molecular weight excluding hydrogens is 426 g/mol. The van der Waals surface area contributed by atoms with E-state index in [0.717, 1.165) is 36.2 Å². The number of rotatable bonds is 6. The van der Waals surface area contributed by atoms with E-state index in [1.165, 1.54) is 6.20 Å². The molecule has 3 aromatic rings. The van der Waals surface area contributed by atoms with E-state index >= 15 is 0 Å². The molecule has 0 spiro atoms. The first-order chi connectivity index (χ1) is 15.3. The highest BCUT2D eigenvalue weighted by Gasteiger charge is 2.25. The van der Waals surface area contributed by atoms with Crippen molar-refractivity contribution in [2.45, 2.75) is 44.6 Å². The molecule has 0 unspecified atom stereocenters. The van der Waals surface area contributed by atoms with Crippen molar-refractivity contribution < 1.29 is 13.2 Å². The molecule has 1 aliphatic heterocycles. The zero-order valence-corrected chi connectivity index (χ0v) is 19.1. The molecule has 1 aromatic carbocycles. The lowest BCUT2D eigenvalue weighted by atomic mass is 10.2. The number of piperidine rings is 1. The summed E-state index contributed by atoms with van der Waals surface area (Å²) in [6.45, 7) is 5.31. The summed E-state index contributed by atoms with van der Waals surface area (Å²) < 4.78 is 28.8. The Labute approximate surface area is 188 Å². The monoisotopic (exact) mass is 453 g/mol. The van der Waals surface area contributed by atoms with Gasteiger partial charge in [0, 0.05) is 31.5 Å². The van der Waals surface area contributed by atoms with E-state index < -0.39 is 10.0 Å². The van der Waals surface area contributed by atoms with Gasteiger partial charge in [0.15, 0.2) is 5.82 Å². The van der Waals surface area contributed by atoms with Gasteiger partial charge in [-0.1, -0.05) is 18.6 Å². The van der Waals surface area contributed by atoms with E-state index in [0.29, 0.717) is 35.9 Å². The highest BCUT2D eigenvalue weighted by atomic mass is 32.2. The zero-order valence-electron chi connectivity index (χ0n) is 18.3. The van der Waals surface area contributed by atoms with Gasteiger partial charge >= 0.3 is 0 Å². The first kappa shape index (κ1) is 22.2. The molecule has 1 amide bonds. The molecular formula is C23H27N5O3S. The zero-order chi connectivity index (χ0) is 22.7. The summed E-state index contributed by atoms with van der Waals surface area (Å²) in [6.07, 6.45) is 4.40. The van der Waals surface area contributed by atoms with E-state index in [9.17, 15) is 13.2 Å². The normalized spacial score (nSPS) is 14.9. The van der Waals surface area contributed by atoms with Crippen LogP contribution in [0, 0.1) is 13.8 Å². The van der Waals surface area contributed by atoms with Crippen LogP contribution in [0.15, 0.2) is 53.6 Å². The Morgan fingerprint density at radius 3 is 2.34 bits per heavy atom. The molecule has 1 N–H and O–H groups in total. The summed E-state index contributed by atoms with van der Waals surface area (Å²) in [5.41, 5.74) is 3.14. The predicted molar refractivity (Wildman–Crippen MR) is 121 cm³/mol. The quantitative estimate of drug-likeness (QED) is 0.619. The van der Waals surface area contributed by atoms with Crippen molar-refractivity contribution in [1.29, 1.82) is 0 Å². The van der Waals surface area contributed by atoms with Gasteiger partial charge in [0.25, 0.3) is 5.91 Å². The van der Waals surface area contributed by atoms with E-state index in [1.807, 2.05) is 19.9 Å². The number of benzene rings is 1. The third kappa shape index (κ3) is 4.73. The van der Waals surface area contributed by atoms with Gasteiger partial charge in [0.2, 0.25) is 10.0 Å². The van der Waals surface area contributed by atoms with Crippen molar-refractivity contribution >= 4 is 15.9 Å².